The Morgan fingerprint density at radius 3 is 1.12 bits per heavy atom. The van der Waals surface area contributed by atoms with Crippen molar-refractivity contribution in [1.82, 2.24) is 0 Å². The van der Waals surface area contributed by atoms with Gasteiger partial charge in [0.2, 0.25) is 0 Å². The van der Waals surface area contributed by atoms with Crippen LogP contribution in [0.2, 0.25) is 0 Å². The van der Waals surface area contributed by atoms with Crippen molar-refractivity contribution in [2.24, 2.45) is 0 Å². The van der Waals surface area contributed by atoms with Gasteiger partial charge >= 0.3 is 86.5 Å². The summed E-state index contributed by atoms with van der Waals surface area (Å²) < 4.78 is 185. The zero-order chi connectivity index (χ0) is 20.2. The predicted octanol–water partition coefficient (Wildman–Crippen LogP) is 1.02. The normalized spacial score (nSPS) is 15.8. The van der Waals surface area contributed by atoms with Crippen LogP contribution in [0.4, 0.5) is 57.1 Å². The third kappa shape index (κ3) is 3.80. The van der Waals surface area contributed by atoms with Crippen LogP contribution in [-0.4, -0.2) is 50.6 Å². The summed E-state index contributed by atoms with van der Waals surface area (Å²) in [5, 5.41) is -7.23. The number of rotatable bonds is 6. The van der Waals surface area contributed by atoms with Gasteiger partial charge in [-0.25, -0.2) is 8.42 Å². The van der Waals surface area contributed by atoms with E-state index in [0.717, 1.165) is 0 Å². The third-order valence-electron chi connectivity index (χ3n) is 2.47. The van der Waals surface area contributed by atoms with E-state index in [1.807, 2.05) is 0 Å². The molecule has 0 spiro atoms. The smallest absolute Gasteiger partial charge is 0.546 e. The van der Waals surface area contributed by atoms with Gasteiger partial charge in [-0.2, -0.15) is 64.1 Å². The summed E-state index contributed by atoms with van der Waals surface area (Å²) >= 11 is 0. The summed E-state index contributed by atoms with van der Waals surface area (Å²) in [5.41, 5.74) is 0. The minimum absolute atomic E-state index is 0. The summed E-state index contributed by atoms with van der Waals surface area (Å²) in [6.07, 6.45) is -7.56. The molecule has 0 aromatic carbocycles. The van der Waals surface area contributed by atoms with Crippen LogP contribution in [0.15, 0.2) is 0 Å². The summed E-state index contributed by atoms with van der Waals surface area (Å²) in [4.78, 5) is 0. The van der Waals surface area contributed by atoms with Gasteiger partial charge in [0, 0.05) is 0 Å². The van der Waals surface area contributed by atoms with Crippen molar-refractivity contribution in [1.29, 1.82) is 0 Å². The topological polar surface area (TPSA) is 48.2 Å². The SMILES string of the molecule is C[N-]S(=O)(=O)C(F)(F)C(F)(F)C(F)(F)C(F)(F)C(F)(F)C(F)(F)F.[K+]. The summed E-state index contributed by atoms with van der Waals surface area (Å²) in [6, 6.07) is 0. The quantitative estimate of drug-likeness (QED) is 0.448. The Hall–Kier alpha value is 0.636. The molecule has 0 unspecified atom stereocenters. The van der Waals surface area contributed by atoms with Crippen LogP contribution in [0.1, 0.15) is 0 Å². The molecule has 0 aliphatic heterocycles. The van der Waals surface area contributed by atoms with Gasteiger partial charge in [0.05, 0.1) is 0 Å². The molecule has 0 aliphatic carbocycles. The molecular weight excluding hydrogens is 448 g/mol. The summed E-state index contributed by atoms with van der Waals surface area (Å²) in [5.74, 6) is -32.1. The van der Waals surface area contributed by atoms with Crippen LogP contribution in [0.25, 0.3) is 4.72 Å². The average Bonchev–Trinajstić information content (AvgIpc) is 2.36. The van der Waals surface area contributed by atoms with Gasteiger partial charge in [0.25, 0.3) is 0 Å². The van der Waals surface area contributed by atoms with Gasteiger partial charge in [0.1, 0.15) is 10.0 Å². The zero-order valence-electron chi connectivity index (χ0n) is 11.6. The minimum Gasteiger partial charge on any atom is -0.546 e. The van der Waals surface area contributed by atoms with Crippen molar-refractivity contribution in [3.63, 3.8) is 0 Å². The molecule has 146 valence electrons. The van der Waals surface area contributed by atoms with E-state index in [2.05, 4.69) is 0 Å². The van der Waals surface area contributed by atoms with Gasteiger partial charge < -0.3 is 4.72 Å². The van der Waals surface area contributed by atoms with Crippen molar-refractivity contribution < 1.29 is 117 Å². The van der Waals surface area contributed by atoms with Crippen molar-refractivity contribution in [2.75, 3.05) is 7.05 Å². The molecule has 0 rings (SSSR count). The van der Waals surface area contributed by atoms with Crippen LogP contribution >= 0.6 is 0 Å². The maximum absolute atomic E-state index is 13.0. The predicted molar refractivity (Wildman–Crippen MR) is 49.0 cm³/mol. The average molecular weight is 451 g/mol. The van der Waals surface area contributed by atoms with Gasteiger partial charge in [0.15, 0.2) is 0 Å². The van der Waals surface area contributed by atoms with Gasteiger partial charge in [-0.05, 0) is 0 Å². The molecule has 0 amide bonds. The van der Waals surface area contributed by atoms with Gasteiger partial charge in [-0.3, -0.25) is 0 Å². The first-order chi connectivity index (χ1) is 10.1. The van der Waals surface area contributed by atoms with E-state index in [1.54, 1.807) is 0 Å². The number of nitrogens with zero attached hydrogens (tertiary/aromatic N) is 1. The van der Waals surface area contributed by atoms with Crippen LogP contribution in [0, 0.1) is 0 Å². The van der Waals surface area contributed by atoms with Crippen molar-refractivity contribution in [3.05, 3.63) is 4.72 Å². The van der Waals surface area contributed by atoms with Crippen LogP contribution in [-0.2, 0) is 10.0 Å². The molecule has 0 aromatic heterocycles. The second kappa shape index (κ2) is 7.23. The van der Waals surface area contributed by atoms with E-state index in [4.69, 9.17) is 0 Å². The summed E-state index contributed by atoms with van der Waals surface area (Å²) in [6.45, 7) is 0. The first-order valence-corrected chi connectivity index (χ1v) is 6.31. The molecule has 0 heterocycles. The molecular formula is C7H3F13KNO2S. The number of alkyl halides is 13. The van der Waals surface area contributed by atoms with E-state index >= 15 is 0 Å². The fourth-order valence-corrected chi connectivity index (χ4v) is 1.71. The standard InChI is InChI=1S/C7H3F13NO2S.K/c1-21-24(22,23)7(19,20)5(14,15)3(10,11)2(8,9)4(12,13)6(16,17)18;/h1H3;/q-1;+1. The number of hydrogen-bond acceptors (Lipinski definition) is 2. The fourth-order valence-electron chi connectivity index (χ4n) is 1.03. The monoisotopic (exact) mass is 451 g/mol. The molecule has 0 fully saturated rings. The van der Waals surface area contributed by atoms with E-state index in [-0.39, 0.29) is 58.4 Å². The second-order valence-corrected chi connectivity index (χ2v) is 5.80. The third-order valence-corrected chi connectivity index (χ3v) is 3.85. The molecule has 25 heavy (non-hydrogen) atoms. The Morgan fingerprint density at radius 2 is 0.880 bits per heavy atom. The Bertz CT molecular complexity index is 584. The van der Waals surface area contributed by atoms with E-state index in [0.29, 0.717) is 0 Å². The molecule has 18 heteroatoms. The molecule has 0 aromatic rings. The first-order valence-electron chi connectivity index (χ1n) is 4.87. The summed E-state index contributed by atoms with van der Waals surface area (Å²) in [7, 11) is -7.17. The Morgan fingerprint density at radius 1 is 0.600 bits per heavy atom. The Kier molecular flexibility index (Phi) is 8.05. The number of sulfonamides is 1. The molecule has 3 nitrogen and oxygen atoms in total. The van der Waals surface area contributed by atoms with Crippen LogP contribution in [0.5, 0.6) is 0 Å². The van der Waals surface area contributed by atoms with E-state index in [9.17, 15) is 65.5 Å². The van der Waals surface area contributed by atoms with E-state index < -0.39 is 45.1 Å². The van der Waals surface area contributed by atoms with Crippen LogP contribution in [0.3, 0.4) is 0 Å². The van der Waals surface area contributed by atoms with Crippen molar-refractivity contribution in [3.8, 4) is 0 Å². The molecule has 0 saturated heterocycles. The fraction of sp³-hybridized carbons (Fsp3) is 1.00. The zero-order valence-corrected chi connectivity index (χ0v) is 15.5. The van der Waals surface area contributed by atoms with Crippen molar-refractivity contribution in [2.45, 2.75) is 35.1 Å². The Balaban J connectivity index is 0. The maximum atomic E-state index is 13.0. The molecule has 0 bridgehead atoms. The van der Waals surface area contributed by atoms with Gasteiger partial charge in [-0.1, -0.05) is 0 Å². The molecule has 0 N–H and O–H groups in total. The molecule has 0 atom stereocenters. The van der Waals surface area contributed by atoms with Crippen LogP contribution < -0.4 is 51.4 Å². The molecule has 0 saturated carbocycles. The Labute approximate surface area is 172 Å². The first kappa shape index (κ1) is 27.9. The number of halogens is 13. The molecule has 0 radical (unpaired) electrons. The largest absolute Gasteiger partial charge is 1.00 e. The minimum atomic E-state index is -8.15. The maximum Gasteiger partial charge on any atom is 1.00 e. The molecule has 0 aliphatic rings. The van der Waals surface area contributed by atoms with Crippen molar-refractivity contribution >= 4 is 10.0 Å². The second-order valence-electron chi connectivity index (χ2n) is 3.97. The number of hydrogen-bond donors (Lipinski definition) is 0. The van der Waals surface area contributed by atoms with Gasteiger partial charge in [-0.15, -0.1) is 0 Å². The van der Waals surface area contributed by atoms with E-state index in [1.165, 1.54) is 4.72 Å².